The number of nitrogens with zero attached hydrogens (tertiary/aromatic N) is 3. The van der Waals surface area contributed by atoms with E-state index in [9.17, 15) is 18.0 Å². The van der Waals surface area contributed by atoms with Crippen molar-refractivity contribution in [3.05, 3.63) is 36.9 Å². The highest BCUT2D eigenvalue weighted by Crippen LogP contribution is 2.21. The fourth-order valence-corrected chi connectivity index (χ4v) is 3.80. The summed E-state index contributed by atoms with van der Waals surface area (Å²) in [5.74, 6) is -0.296. The van der Waals surface area contributed by atoms with Gasteiger partial charge >= 0.3 is 6.09 Å². The Kier molecular flexibility index (Phi) is 5.25. The molecule has 1 aliphatic heterocycles. The molecule has 8 nitrogen and oxygen atoms in total. The molecule has 2 rings (SSSR count). The molecule has 0 radical (unpaired) electrons. The predicted molar refractivity (Wildman–Crippen MR) is 88.4 cm³/mol. The van der Waals surface area contributed by atoms with Gasteiger partial charge in [0, 0.05) is 38.9 Å². The number of rotatable bonds is 4. The first-order valence-electron chi connectivity index (χ1n) is 7.25. The van der Waals surface area contributed by atoms with Crippen LogP contribution in [0.25, 0.3) is 0 Å². The van der Waals surface area contributed by atoms with Gasteiger partial charge in [0.2, 0.25) is 15.9 Å². The van der Waals surface area contributed by atoms with Crippen LogP contribution in [-0.2, 0) is 14.8 Å². The van der Waals surface area contributed by atoms with Crippen molar-refractivity contribution >= 4 is 27.7 Å². The Balaban J connectivity index is 2.14. The number of benzene rings is 1. The molecule has 0 saturated carbocycles. The van der Waals surface area contributed by atoms with Gasteiger partial charge in [0.25, 0.3) is 0 Å². The first-order valence-corrected chi connectivity index (χ1v) is 8.69. The summed E-state index contributed by atoms with van der Waals surface area (Å²) < 4.78 is 26.5. The molecule has 0 atom stereocenters. The van der Waals surface area contributed by atoms with Crippen LogP contribution in [0.1, 0.15) is 0 Å². The summed E-state index contributed by atoms with van der Waals surface area (Å²) in [6.07, 6.45) is 0.124. The van der Waals surface area contributed by atoms with E-state index in [1.165, 1.54) is 32.3 Å². The van der Waals surface area contributed by atoms with Crippen molar-refractivity contribution in [2.45, 2.75) is 4.90 Å². The molecule has 0 spiro atoms. The average Bonchev–Trinajstić information content (AvgIpc) is 2.60. The minimum atomic E-state index is -3.69. The standard InChI is InChI=1S/C15H19N3O5S/c1-3-14(19)16(2)12-4-6-13(7-5-12)24(22,23)18-10-8-17(9-11-18)15(20)21/h3-7H,1,8-11H2,2H3,(H,20,21). The van der Waals surface area contributed by atoms with E-state index in [0.29, 0.717) is 5.69 Å². The minimum absolute atomic E-state index is 0.106. The third-order valence-corrected chi connectivity index (χ3v) is 5.79. The molecule has 2 amide bonds. The molecule has 9 heteroatoms. The summed E-state index contributed by atoms with van der Waals surface area (Å²) in [7, 11) is -2.12. The van der Waals surface area contributed by atoms with E-state index in [0.717, 1.165) is 0 Å². The quantitative estimate of drug-likeness (QED) is 0.808. The first-order chi connectivity index (χ1) is 11.3. The van der Waals surface area contributed by atoms with Crippen molar-refractivity contribution < 1.29 is 23.1 Å². The largest absolute Gasteiger partial charge is 0.465 e. The van der Waals surface area contributed by atoms with Crippen molar-refractivity contribution in [2.75, 3.05) is 38.1 Å². The zero-order chi connectivity index (χ0) is 17.9. The molecule has 1 aromatic rings. The van der Waals surface area contributed by atoms with Crippen LogP contribution in [0.15, 0.2) is 41.8 Å². The molecule has 0 unspecified atom stereocenters. The highest BCUT2D eigenvalue weighted by atomic mass is 32.2. The lowest BCUT2D eigenvalue weighted by Crippen LogP contribution is -2.50. The smallest absolute Gasteiger partial charge is 0.407 e. The molecule has 1 heterocycles. The Labute approximate surface area is 140 Å². The lowest BCUT2D eigenvalue weighted by molar-refractivity contribution is -0.113. The molecule has 0 bridgehead atoms. The highest BCUT2D eigenvalue weighted by molar-refractivity contribution is 7.89. The van der Waals surface area contributed by atoms with Gasteiger partial charge in [-0.05, 0) is 30.3 Å². The number of carboxylic acid groups (broad SMARTS) is 1. The molecule has 1 saturated heterocycles. The van der Waals surface area contributed by atoms with Gasteiger partial charge in [0.15, 0.2) is 0 Å². The molecule has 1 aliphatic rings. The van der Waals surface area contributed by atoms with Crippen molar-refractivity contribution in [3.8, 4) is 0 Å². The maximum atomic E-state index is 12.6. The lowest BCUT2D eigenvalue weighted by Gasteiger charge is -2.32. The Hall–Kier alpha value is -2.39. The molecule has 24 heavy (non-hydrogen) atoms. The summed E-state index contributed by atoms with van der Waals surface area (Å²) in [6.45, 7) is 3.92. The second-order valence-corrected chi connectivity index (χ2v) is 7.21. The fourth-order valence-electron chi connectivity index (χ4n) is 2.37. The van der Waals surface area contributed by atoms with Crippen LogP contribution in [0.2, 0.25) is 0 Å². The van der Waals surface area contributed by atoms with Crippen molar-refractivity contribution in [2.24, 2.45) is 0 Å². The van der Waals surface area contributed by atoms with Crippen molar-refractivity contribution in [3.63, 3.8) is 0 Å². The maximum absolute atomic E-state index is 12.6. The van der Waals surface area contributed by atoms with E-state index in [2.05, 4.69) is 6.58 Å². The number of carbonyl (C=O) groups is 2. The summed E-state index contributed by atoms with van der Waals surface area (Å²) in [5, 5.41) is 8.91. The molecular formula is C15H19N3O5S. The van der Waals surface area contributed by atoms with Gasteiger partial charge in [-0.3, -0.25) is 4.79 Å². The van der Waals surface area contributed by atoms with Crippen molar-refractivity contribution in [1.82, 2.24) is 9.21 Å². The van der Waals surface area contributed by atoms with Gasteiger partial charge in [-0.15, -0.1) is 0 Å². The van der Waals surface area contributed by atoms with E-state index < -0.39 is 16.1 Å². The van der Waals surface area contributed by atoms with E-state index in [-0.39, 0.29) is 37.0 Å². The summed E-state index contributed by atoms with van der Waals surface area (Å²) in [6, 6.07) is 5.95. The van der Waals surface area contributed by atoms with Crippen LogP contribution >= 0.6 is 0 Å². The SMILES string of the molecule is C=CC(=O)N(C)c1ccc(S(=O)(=O)N2CCN(C(=O)O)CC2)cc1. The number of piperazine rings is 1. The molecule has 130 valence electrons. The highest BCUT2D eigenvalue weighted by Gasteiger charge is 2.30. The minimum Gasteiger partial charge on any atom is -0.465 e. The third kappa shape index (κ3) is 3.57. The number of likely N-dealkylation sites (N-methyl/N-ethyl adjacent to an activating group) is 1. The number of anilines is 1. The summed E-state index contributed by atoms with van der Waals surface area (Å²) in [4.78, 5) is 25.1. The van der Waals surface area contributed by atoms with Gasteiger partial charge < -0.3 is 14.9 Å². The number of carbonyl (C=O) groups excluding carboxylic acids is 1. The number of hydrogen-bond acceptors (Lipinski definition) is 4. The molecular weight excluding hydrogens is 334 g/mol. The zero-order valence-corrected chi connectivity index (χ0v) is 14.1. The van der Waals surface area contributed by atoms with Gasteiger partial charge in [-0.25, -0.2) is 13.2 Å². The number of hydrogen-bond donors (Lipinski definition) is 1. The summed E-state index contributed by atoms with van der Waals surface area (Å²) >= 11 is 0. The van der Waals surface area contributed by atoms with Crippen LogP contribution in [0, 0.1) is 0 Å². The molecule has 1 aromatic carbocycles. The molecule has 1 fully saturated rings. The van der Waals surface area contributed by atoms with Gasteiger partial charge in [0.1, 0.15) is 0 Å². The van der Waals surface area contributed by atoms with Gasteiger partial charge in [-0.1, -0.05) is 6.58 Å². The van der Waals surface area contributed by atoms with Crippen LogP contribution in [-0.4, -0.2) is 68.0 Å². The monoisotopic (exact) mass is 353 g/mol. The van der Waals surface area contributed by atoms with Crippen LogP contribution in [0.3, 0.4) is 0 Å². The second-order valence-electron chi connectivity index (χ2n) is 5.27. The predicted octanol–water partition coefficient (Wildman–Crippen LogP) is 0.820. The van der Waals surface area contributed by atoms with E-state index in [1.54, 1.807) is 19.2 Å². The van der Waals surface area contributed by atoms with E-state index in [1.807, 2.05) is 0 Å². The second kappa shape index (κ2) is 7.02. The Bertz CT molecular complexity index is 737. The lowest BCUT2D eigenvalue weighted by atomic mass is 10.3. The van der Waals surface area contributed by atoms with Crippen LogP contribution in [0.5, 0.6) is 0 Å². The molecule has 0 aliphatic carbocycles. The average molecular weight is 353 g/mol. The zero-order valence-electron chi connectivity index (χ0n) is 13.3. The first kappa shape index (κ1) is 18.0. The van der Waals surface area contributed by atoms with Crippen LogP contribution < -0.4 is 4.90 Å². The fraction of sp³-hybridized carbons (Fsp3) is 0.333. The Morgan fingerprint density at radius 2 is 1.71 bits per heavy atom. The Morgan fingerprint density at radius 1 is 1.17 bits per heavy atom. The van der Waals surface area contributed by atoms with E-state index >= 15 is 0 Å². The third-order valence-electron chi connectivity index (χ3n) is 3.88. The van der Waals surface area contributed by atoms with Crippen molar-refractivity contribution in [1.29, 1.82) is 0 Å². The molecule has 0 aromatic heterocycles. The van der Waals surface area contributed by atoms with E-state index in [4.69, 9.17) is 5.11 Å². The topological polar surface area (TPSA) is 98.2 Å². The number of sulfonamides is 1. The van der Waals surface area contributed by atoms with Gasteiger partial charge in [0.05, 0.1) is 4.90 Å². The number of amides is 2. The normalized spacial score (nSPS) is 15.8. The Morgan fingerprint density at radius 3 is 2.17 bits per heavy atom. The summed E-state index contributed by atoms with van der Waals surface area (Å²) in [5.41, 5.74) is 0.551. The maximum Gasteiger partial charge on any atom is 0.407 e. The van der Waals surface area contributed by atoms with Crippen LogP contribution in [0.4, 0.5) is 10.5 Å². The van der Waals surface area contributed by atoms with Gasteiger partial charge in [-0.2, -0.15) is 4.31 Å². The molecule has 1 N–H and O–H groups in total.